The highest BCUT2D eigenvalue weighted by molar-refractivity contribution is 9.10. The van der Waals surface area contributed by atoms with E-state index in [0.29, 0.717) is 17.9 Å². The lowest BCUT2D eigenvalue weighted by molar-refractivity contribution is -0.116. The van der Waals surface area contributed by atoms with E-state index >= 15 is 0 Å². The second-order valence-corrected chi connectivity index (χ2v) is 8.01. The molecule has 7 heteroatoms. The summed E-state index contributed by atoms with van der Waals surface area (Å²) in [5.41, 5.74) is 0.577. The van der Waals surface area contributed by atoms with E-state index in [9.17, 15) is 13.2 Å². The Labute approximate surface area is 126 Å². The topological polar surface area (TPSA) is 72.5 Å². The highest BCUT2D eigenvalue weighted by Gasteiger charge is 2.29. The Morgan fingerprint density at radius 1 is 1.50 bits per heavy atom. The van der Waals surface area contributed by atoms with Gasteiger partial charge in [0, 0.05) is 10.9 Å². The first-order chi connectivity index (χ1) is 9.39. The molecule has 0 spiro atoms. The molecular weight excluding hydrogens is 346 g/mol. The number of anilines is 1. The fourth-order valence-electron chi connectivity index (χ4n) is 2.27. The van der Waals surface area contributed by atoms with E-state index in [4.69, 9.17) is 4.74 Å². The number of benzene rings is 1. The van der Waals surface area contributed by atoms with Crippen molar-refractivity contribution in [3.8, 4) is 5.75 Å². The van der Waals surface area contributed by atoms with Gasteiger partial charge in [-0.15, -0.1) is 0 Å². The number of halogens is 1. The van der Waals surface area contributed by atoms with Crippen LogP contribution < -0.4 is 10.1 Å². The van der Waals surface area contributed by atoms with Crippen molar-refractivity contribution in [2.24, 2.45) is 5.92 Å². The van der Waals surface area contributed by atoms with Gasteiger partial charge in [-0.3, -0.25) is 4.79 Å². The number of methoxy groups -OCH3 is 1. The molecule has 1 aromatic rings. The highest BCUT2D eigenvalue weighted by Crippen LogP contribution is 2.29. The number of carbonyl (C=O) groups is 1. The van der Waals surface area contributed by atoms with Crippen molar-refractivity contribution >= 4 is 37.4 Å². The third-order valence-electron chi connectivity index (χ3n) is 3.24. The van der Waals surface area contributed by atoms with Crippen molar-refractivity contribution < 1.29 is 17.9 Å². The van der Waals surface area contributed by atoms with E-state index in [0.717, 1.165) is 4.47 Å². The summed E-state index contributed by atoms with van der Waals surface area (Å²) in [5.74, 6) is 0.587. The second-order valence-electron chi connectivity index (χ2n) is 4.87. The Bertz CT molecular complexity index is 615. The molecule has 1 aliphatic rings. The number of sulfone groups is 1. The number of hydrogen-bond acceptors (Lipinski definition) is 4. The zero-order valence-electron chi connectivity index (χ0n) is 11.1. The first-order valence-electron chi connectivity index (χ1n) is 6.23. The molecule has 0 bridgehead atoms. The Morgan fingerprint density at radius 2 is 2.25 bits per heavy atom. The van der Waals surface area contributed by atoms with Crippen LogP contribution in [0.4, 0.5) is 5.69 Å². The Hall–Kier alpha value is -1.08. The third kappa shape index (κ3) is 3.96. The normalized spacial score (nSPS) is 20.6. The number of nitrogens with one attached hydrogen (secondary N) is 1. The molecule has 1 unspecified atom stereocenters. The van der Waals surface area contributed by atoms with Crippen molar-refractivity contribution in [1.82, 2.24) is 0 Å². The average Bonchev–Trinajstić information content (AvgIpc) is 2.68. The maximum atomic E-state index is 12.0. The van der Waals surface area contributed by atoms with Crippen LogP contribution in [0.15, 0.2) is 22.7 Å². The standard InChI is InChI=1S/C13H16BrNO4S/c1-19-12-3-2-10(14)7-11(12)15-13(16)6-9-4-5-20(17,18)8-9/h2-3,7,9H,4-6,8H2,1H3,(H,15,16). The molecule has 20 heavy (non-hydrogen) atoms. The Morgan fingerprint density at radius 3 is 2.85 bits per heavy atom. The smallest absolute Gasteiger partial charge is 0.224 e. The largest absolute Gasteiger partial charge is 0.495 e. The molecule has 2 rings (SSSR count). The van der Waals surface area contributed by atoms with Gasteiger partial charge in [0.15, 0.2) is 9.84 Å². The van der Waals surface area contributed by atoms with E-state index in [1.165, 1.54) is 7.11 Å². The van der Waals surface area contributed by atoms with Gasteiger partial charge >= 0.3 is 0 Å². The third-order valence-corrected chi connectivity index (χ3v) is 5.57. The molecule has 0 radical (unpaired) electrons. The minimum atomic E-state index is -2.95. The predicted octanol–water partition coefficient (Wildman–Crippen LogP) is 2.22. The number of hydrogen-bond donors (Lipinski definition) is 1. The van der Waals surface area contributed by atoms with Crippen LogP contribution >= 0.6 is 15.9 Å². The molecule has 1 aliphatic heterocycles. The van der Waals surface area contributed by atoms with Gasteiger partial charge in [-0.1, -0.05) is 15.9 Å². The highest BCUT2D eigenvalue weighted by atomic mass is 79.9. The van der Waals surface area contributed by atoms with Crippen molar-refractivity contribution in [2.45, 2.75) is 12.8 Å². The summed E-state index contributed by atoms with van der Waals surface area (Å²) in [6.45, 7) is 0. The lowest BCUT2D eigenvalue weighted by Gasteiger charge is -2.12. The number of carbonyl (C=O) groups excluding carboxylic acids is 1. The molecule has 1 heterocycles. The summed E-state index contributed by atoms with van der Waals surface area (Å²) < 4.78 is 28.7. The van der Waals surface area contributed by atoms with Crippen LogP contribution in [0.2, 0.25) is 0 Å². The van der Waals surface area contributed by atoms with E-state index in [1.807, 2.05) is 6.07 Å². The fourth-order valence-corrected chi connectivity index (χ4v) is 4.50. The van der Waals surface area contributed by atoms with E-state index in [-0.39, 0.29) is 29.8 Å². The van der Waals surface area contributed by atoms with Gasteiger partial charge in [-0.05, 0) is 30.5 Å². The van der Waals surface area contributed by atoms with Gasteiger partial charge in [-0.25, -0.2) is 8.42 Å². The Balaban J connectivity index is 2.00. The Kier molecular flexibility index (Phi) is 4.70. The van der Waals surface area contributed by atoms with E-state index in [1.54, 1.807) is 12.1 Å². The maximum absolute atomic E-state index is 12.0. The van der Waals surface area contributed by atoms with Crippen LogP contribution in [-0.2, 0) is 14.6 Å². The molecular formula is C13H16BrNO4S. The molecule has 0 saturated carbocycles. The van der Waals surface area contributed by atoms with E-state index in [2.05, 4.69) is 21.2 Å². The van der Waals surface area contributed by atoms with Crippen molar-refractivity contribution in [3.63, 3.8) is 0 Å². The molecule has 1 amide bonds. The first-order valence-corrected chi connectivity index (χ1v) is 8.85. The van der Waals surface area contributed by atoms with Gasteiger partial charge in [-0.2, -0.15) is 0 Å². The zero-order chi connectivity index (χ0) is 14.8. The molecule has 1 saturated heterocycles. The molecule has 0 aromatic heterocycles. The van der Waals surface area contributed by atoms with Gasteiger partial charge in [0.1, 0.15) is 5.75 Å². The molecule has 110 valence electrons. The van der Waals surface area contributed by atoms with Gasteiger partial charge in [0.2, 0.25) is 5.91 Å². The van der Waals surface area contributed by atoms with Crippen LogP contribution in [0.1, 0.15) is 12.8 Å². The van der Waals surface area contributed by atoms with Crippen LogP contribution in [0.3, 0.4) is 0 Å². The van der Waals surface area contributed by atoms with Crippen LogP contribution in [0, 0.1) is 5.92 Å². The second kappa shape index (κ2) is 6.13. The van der Waals surface area contributed by atoms with Crippen molar-refractivity contribution in [2.75, 3.05) is 23.9 Å². The molecule has 1 atom stereocenters. The van der Waals surface area contributed by atoms with Gasteiger partial charge in [0.05, 0.1) is 24.3 Å². The van der Waals surface area contributed by atoms with Crippen LogP contribution in [0.5, 0.6) is 5.75 Å². The monoisotopic (exact) mass is 361 g/mol. The predicted molar refractivity (Wildman–Crippen MR) is 80.7 cm³/mol. The molecule has 1 aromatic carbocycles. The maximum Gasteiger partial charge on any atom is 0.224 e. The molecule has 1 N–H and O–H groups in total. The lowest BCUT2D eigenvalue weighted by Crippen LogP contribution is -2.17. The number of ether oxygens (including phenoxy) is 1. The molecule has 1 fully saturated rings. The van der Waals surface area contributed by atoms with Gasteiger partial charge in [0.25, 0.3) is 0 Å². The van der Waals surface area contributed by atoms with Crippen LogP contribution in [0.25, 0.3) is 0 Å². The fraction of sp³-hybridized carbons (Fsp3) is 0.462. The lowest BCUT2D eigenvalue weighted by atomic mass is 10.0. The molecule has 5 nitrogen and oxygen atoms in total. The summed E-state index contributed by atoms with van der Waals surface area (Å²) in [5, 5.41) is 2.77. The van der Waals surface area contributed by atoms with Crippen molar-refractivity contribution in [1.29, 1.82) is 0 Å². The van der Waals surface area contributed by atoms with Crippen molar-refractivity contribution in [3.05, 3.63) is 22.7 Å². The van der Waals surface area contributed by atoms with Gasteiger partial charge < -0.3 is 10.1 Å². The van der Waals surface area contributed by atoms with E-state index < -0.39 is 9.84 Å². The summed E-state index contributed by atoms with van der Waals surface area (Å²) in [4.78, 5) is 12.0. The summed E-state index contributed by atoms with van der Waals surface area (Å²) in [6.07, 6.45) is 0.778. The molecule has 0 aliphatic carbocycles. The summed E-state index contributed by atoms with van der Waals surface area (Å²) >= 11 is 3.33. The minimum Gasteiger partial charge on any atom is -0.495 e. The summed E-state index contributed by atoms with van der Waals surface area (Å²) in [7, 11) is -1.42. The first kappa shape index (κ1) is 15.3. The quantitative estimate of drug-likeness (QED) is 0.892. The average molecular weight is 362 g/mol. The number of amides is 1. The summed E-state index contributed by atoms with van der Waals surface area (Å²) in [6, 6.07) is 5.32. The SMILES string of the molecule is COc1ccc(Br)cc1NC(=O)CC1CCS(=O)(=O)C1. The van der Waals surface area contributed by atoms with Crippen LogP contribution in [-0.4, -0.2) is 32.9 Å². The number of rotatable bonds is 4. The minimum absolute atomic E-state index is 0.0850. The zero-order valence-corrected chi connectivity index (χ0v) is 13.5.